The largest absolute Gasteiger partial charge is 0.483 e. The number of hydrogen-bond acceptors (Lipinski definition) is 5. The molecule has 1 heterocycles. The highest BCUT2D eigenvalue weighted by Crippen LogP contribution is 2.34. The molecular weight excluding hydrogens is 336 g/mol. The van der Waals surface area contributed by atoms with Gasteiger partial charge in [-0.15, -0.1) is 12.6 Å². The maximum Gasteiger partial charge on any atom is 0.335 e. The third kappa shape index (κ3) is 2.73. The Balaban J connectivity index is 2.23. The second-order valence-corrected chi connectivity index (χ2v) is 7.01. The summed E-state index contributed by atoms with van der Waals surface area (Å²) in [6.45, 7) is 0. The van der Waals surface area contributed by atoms with Gasteiger partial charge >= 0.3 is 5.97 Å². The van der Waals surface area contributed by atoms with Gasteiger partial charge in [-0.25, -0.2) is 13.2 Å². The van der Waals surface area contributed by atoms with Crippen LogP contribution in [-0.4, -0.2) is 25.4 Å². The molecule has 2 aromatic carbocycles. The fourth-order valence-electron chi connectivity index (χ4n) is 2.40. The van der Waals surface area contributed by atoms with Crippen molar-refractivity contribution in [3.05, 3.63) is 53.1 Å². The minimum absolute atomic E-state index is 0.0183. The second kappa shape index (κ2) is 5.75. The maximum atomic E-state index is 12.9. The van der Waals surface area contributed by atoms with E-state index in [1.165, 1.54) is 24.3 Å². The Morgan fingerprint density at radius 2 is 1.78 bits per heavy atom. The van der Waals surface area contributed by atoms with Crippen LogP contribution in [0.2, 0.25) is 0 Å². The molecule has 1 aliphatic rings. The summed E-state index contributed by atoms with van der Waals surface area (Å²) >= 11 is 3.97. The molecule has 0 saturated heterocycles. The van der Waals surface area contributed by atoms with Crippen molar-refractivity contribution in [3.8, 4) is 5.75 Å². The number of carboxylic acid groups (broad SMARTS) is 1. The number of thiol groups is 1. The third-order valence-corrected chi connectivity index (χ3v) is 5.51. The summed E-state index contributed by atoms with van der Waals surface area (Å²) in [6.07, 6.45) is 3.32. The van der Waals surface area contributed by atoms with Crippen molar-refractivity contribution in [1.82, 2.24) is 0 Å². The fourth-order valence-corrected chi connectivity index (χ4v) is 4.20. The lowest BCUT2D eigenvalue weighted by Crippen LogP contribution is -2.07. The number of carbonyl (C=O) groups is 1. The van der Waals surface area contributed by atoms with Crippen molar-refractivity contribution in [3.63, 3.8) is 0 Å². The molecule has 0 radical (unpaired) electrons. The van der Waals surface area contributed by atoms with Gasteiger partial charge in [0.05, 0.1) is 15.4 Å². The first kappa shape index (κ1) is 15.6. The summed E-state index contributed by atoms with van der Waals surface area (Å²) < 4.78 is 31.0. The van der Waals surface area contributed by atoms with Gasteiger partial charge < -0.3 is 9.84 Å². The number of sulfone groups is 1. The van der Waals surface area contributed by atoms with Crippen LogP contribution in [0.3, 0.4) is 0 Å². The van der Waals surface area contributed by atoms with Crippen LogP contribution in [0.5, 0.6) is 5.75 Å². The average Bonchev–Trinajstić information content (AvgIpc) is 2.62. The molecule has 3 rings (SSSR count). The molecule has 0 spiro atoms. The molecule has 0 atom stereocenters. The molecule has 7 heteroatoms. The number of carboxylic acids is 1. The molecule has 0 saturated carbocycles. The van der Waals surface area contributed by atoms with E-state index in [1.807, 2.05) is 0 Å². The van der Waals surface area contributed by atoms with E-state index in [4.69, 9.17) is 9.84 Å². The maximum absolute atomic E-state index is 12.9. The molecule has 1 aliphatic heterocycles. The van der Waals surface area contributed by atoms with E-state index in [2.05, 4.69) is 12.6 Å². The van der Waals surface area contributed by atoms with Crippen LogP contribution in [0.4, 0.5) is 0 Å². The number of hydrogen-bond donors (Lipinski definition) is 2. The van der Waals surface area contributed by atoms with Crippen molar-refractivity contribution < 1.29 is 23.1 Å². The zero-order valence-corrected chi connectivity index (χ0v) is 13.5. The molecule has 2 aromatic rings. The van der Waals surface area contributed by atoms with Crippen LogP contribution >= 0.6 is 12.6 Å². The van der Waals surface area contributed by atoms with Gasteiger partial charge in [-0.3, -0.25) is 0 Å². The minimum atomic E-state index is -3.83. The van der Waals surface area contributed by atoms with Crippen LogP contribution < -0.4 is 4.74 Å². The Bertz CT molecular complexity index is 929. The quantitative estimate of drug-likeness (QED) is 0.562. The first-order valence-electron chi connectivity index (χ1n) is 6.62. The molecule has 118 valence electrons. The number of ether oxygens (including phenoxy) is 1. The van der Waals surface area contributed by atoms with E-state index >= 15 is 0 Å². The standard InChI is InChI=1S/C16H12O5S2/c17-16(18)12-4-2-10-1-3-11-7-13(21-9-22)5-6-14(11)23(19,20)15(10)8-12/h1-8,22H,9H2,(H,17,18). The first-order chi connectivity index (χ1) is 10.9. The third-order valence-electron chi connectivity index (χ3n) is 3.49. The van der Waals surface area contributed by atoms with Gasteiger partial charge in [-0.05, 0) is 41.5 Å². The van der Waals surface area contributed by atoms with Gasteiger partial charge in [0.25, 0.3) is 0 Å². The van der Waals surface area contributed by atoms with Crippen molar-refractivity contribution in [1.29, 1.82) is 0 Å². The molecule has 23 heavy (non-hydrogen) atoms. The van der Waals surface area contributed by atoms with Crippen molar-refractivity contribution in [2.24, 2.45) is 0 Å². The van der Waals surface area contributed by atoms with E-state index in [1.54, 1.807) is 24.3 Å². The molecule has 0 fully saturated rings. The molecule has 0 unspecified atom stereocenters. The summed E-state index contributed by atoms with van der Waals surface area (Å²) in [7, 11) is -3.83. The molecule has 0 amide bonds. The topological polar surface area (TPSA) is 80.7 Å². The van der Waals surface area contributed by atoms with Gasteiger partial charge in [0.2, 0.25) is 9.84 Å². The molecule has 1 N–H and O–H groups in total. The van der Waals surface area contributed by atoms with E-state index in [9.17, 15) is 13.2 Å². The van der Waals surface area contributed by atoms with Crippen molar-refractivity contribution in [2.45, 2.75) is 9.79 Å². The Hall–Kier alpha value is -2.25. The van der Waals surface area contributed by atoms with Crippen molar-refractivity contribution >= 4 is 40.6 Å². The van der Waals surface area contributed by atoms with E-state index in [0.717, 1.165) is 0 Å². The SMILES string of the molecule is O=C(O)c1ccc2c(c1)S(=O)(=O)c1ccc(OCS)cc1C=C2. The summed E-state index contributed by atoms with van der Waals surface area (Å²) in [5.74, 6) is -0.484. The Morgan fingerprint density at radius 1 is 1.04 bits per heavy atom. The average molecular weight is 348 g/mol. The van der Waals surface area contributed by atoms with E-state index < -0.39 is 15.8 Å². The predicted octanol–water partition coefficient (Wildman–Crippen LogP) is 2.97. The smallest absolute Gasteiger partial charge is 0.335 e. The summed E-state index contributed by atoms with van der Waals surface area (Å²) in [5.41, 5.74) is 0.861. The lowest BCUT2D eigenvalue weighted by molar-refractivity contribution is 0.0696. The lowest BCUT2D eigenvalue weighted by atomic mass is 10.1. The van der Waals surface area contributed by atoms with E-state index in [0.29, 0.717) is 16.9 Å². The van der Waals surface area contributed by atoms with Gasteiger partial charge in [-0.1, -0.05) is 18.2 Å². The minimum Gasteiger partial charge on any atom is -0.483 e. The monoisotopic (exact) mass is 348 g/mol. The van der Waals surface area contributed by atoms with Gasteiger partial charge in [0.1, 0.15) is 11.7 Å². The van der Waals surface area contributed by atoms with Crippen LogP contribution in [0.15, 0.2) is 46.2 Å². The number of benzene rings is 2. The van der Waals surface area contributed by atoms with Crippen LogP contribution in [-0.2, 0) is 9.84 Å². The highest BCUT2D eigenvalue weighted by atomic mass is 32.2. The second-order valence-electron chi connectivity index (χ2n) is 4.87. The first-order valence-corrected chi connectivity index (χ1v) is 8.73. The highest BCUT2D eigenvalue weighted by molar-refractivity contribution is 7.91. The van der Waals surface area contributed by atoms with E-state index in [-0.39, 0.29) is 21.3 Å². The van der Waals surface area contributed by atoms with Crippen LogP contribution in [0.1, 0.15) is 21.5 Å². The lowest BCUT2D eigenvalue weighted by Gasteiger charge is -2.10. The normalized spacial score (nSPS) is 14.5. The molecule has 0 aliphatic carbocycles. The highest BCUT2D eigenvalue weighted by Gasteiger charge is 2.26. The molecule has 0 bridgehead atoms. The summed E-state index contributed by atoms with van der Waals surface area (Å²) in [5, 5.41) is 9.08. The van der Waals surface area contributed by atoms with Gasteiger partial charge in [0, 0.05) is 0 Å². The number of rotatable bonds is 3. The zero-order valence-electron chi connectivity index (χ0n) is 11.8. The number of aromatic carboxylic acids is 1. The zero-order chi connectivity index (χ0) is 16.6. The Morgan fingerprint density at radius 3 is 2.48 bits per heavy atom. The number of fused-ring (bicyclic) bond motifs is 2. The fraction of sp³-hybridized carbons (Fsp3) is 0.0625. The van der Waals surface area contributed by atoms with Gasteiger partial charge in [0.15, 0.2) is 0 Å². The van der Waals surface area contributed by atoms with Crippen molar-refractivity contribution in [2.75, 3.05) is 5.94 Å². The van der Waals surface area contributed by atoms with Gasteiger partial charge in [-0.2, -0.15) is 0 Å². The molecular formula is C16H12O5S2. The molecule has 0 aromatic heterocycles. The Labute approximate surface area is 138 Å². The van der Waals surface area contributed by atoms with Crippen LogP contribution in [0.25, 0.3) is 12.2 Å². The Kier molecular flexibility index (Phi) is 3.91. The van der Waals surface area contributed by atoms with Crippen LogP contribution in [0, 0.1) is 0 Å². The molecule has 5 nitrogen and oxygen atoms in total. The predicted molar refractivity (Wildman–Crippen MR) is 88.7 cm³/mol. The summed E-state index contributed by atoms with van der Waals surface area (Å²) in [4.78, 5) is 11.2. The summed E-state index contributed by atoms with van der Waals surface area (Å²) in [6, 6.07) is 8.67.